The van der Waals surface area contributed by atoms with Gasteiger partial charge in [-0.1, -0.05) is 0 Å². The first-order valence-electron chi connectivity index (χ1n) is 4.12. The molecule has 0 bridgehead atoms. The molecule has 76 valence electrons. The number of aryl methyl sites for hydroxylation is 1. The van der Waals surface area contributed by atoms with E-state index >= 15 is 0 Å². The van der Waals surface area contributed by atoms with Crippen LogP contribution in [0.25, 0.3) is 0 Å². The average Bonchev–Trinajstić information content (AvgIpc) is 2.12. The van der Waals surface area contributed by atoms with Crippen molar-refractivity contribution in [3.63, 3.8) is 0 Å². The highest BCUT2D eigenvalue weighted by atomic mass is 16.4. The predicted molar refractivity (Wildman–Crippen MR) is 52.1 cm³/mol. The van der Waals surface area contributed by atoms with Crippen LogP contribution in [0, 0.1) is 0 Å². The number of nitrogen functional groups attached to an aromatic ring is 1. The van der Waals surface area contributed by atoms with Crippen LogP contribution >= 0.6 is 0 Å². The number of carboxylic acids is 1. The van der Waals surface area contributed by atoms with Crippen LogP contribution in [0.1, 0.15) is 18.4 Å². The van der Waals surface area contributed by atoms with Gasteiger partial charge in [-0.2, -0.15) is 0 Å². The second-order valence-electron chi connectivity index (χ2n) is 3.20. The zero-order valence-electron chi connectivity index (χ0n) is 8.02. The first-order valence-corrected chi connectivity index (χ1v) is 4.12. The van der Waals surface area contributed by atoms with Gasteiger partial charge in [-0.3, -0.25) is 9.59 Å². The minimum Gasteiger partial charge on any atom is -0.481 e. The number of hydrogen-bond acceptors (Lipinski definition) is 3. The van der Waals surface area contributed by atoms with E-state index in [9.17, 15) is 9.59 Å². The summed E-state index contributed by atoms with van der Waals surface area (Å²) in [5.41, 5.74) is 5.71. The van der Waals surface area contributed by atoms with Crippen molar-refractivity contribution in [2.24, 2.45) is 7.05 Å². The molecule has 0 aromatic carbocycles. The van der Waals surface area contributed by atoms with Crippen molar-refractivity contribution in [3.05, 3.63) is 28.2 Å². The molecule has 5 nitrogen and oxygen atoms in total. The van der Waals surface area contributed by atoms with Gasteiger partial charge in [-0.05, 0) is 18.6 Å². The third kappa shape index (κ3) is 1.76. The Bertz CT molecular complexity index is 396. The van der Waals surface area contributed by atoms with E-state index in [1.807, 2.05) is 0 Å². The SMILES string of the molecule is CC(C(=O)O)c1cc(N)c(=O)n(C)c1. The smallest absolute Gasteiger partial charge is 0.310 e. The number of anilines is 1. The molecule has 1 aromatic rings. The Balaban J connectivity index is 3.26. The van der Waals surface area contributed by atoms with E-state index in [0.29, 0.717) is 5.56 Å². The molecule has 5 heteroatoms. The van der Waals surface area contributed by atoms with Gasteiger partial charge in [-0.25, -0.2) is 0 Å². The Labute approximate surface area is 80.8 Å². The summed E-state index contributed by atoms with van der Waals surface area (Å²) in [5.74, 6) is -1.60. The number of nitrogens with zero attached hydrogens (tertiary/aromatic N) is 1. The molecule has 0 saturated heterocycles. The molecular formula is C9H12N2O3. The lowest BCUT2D eigenvalue weighted by atomic mass is 10.0. The standard InChI is InChI=1S/C9H12N2O3/c1-5(9(13)14)6-3-7(10)8(12)11(2)4-6/h3-5H,10H2,1-2H3,(H,13,14). The summed E-state index contributed by atoms with van der Waals surface area (Å²) < 4.78 is 1.28. The molecule has 1 unspecified atom stereocenters. The van der Waals surface area contributed by atoms with Gasteiger partial charge in [-0.15, -0.1) is 0 Å². The van der Waals surface area contributed by atoms with E-state index in [2.05, 4.69) is 0 Å². The summed E-state index contributed by atoms with van der Waals surface area (Å²) in [6.07, 6.45) is 1.48. The summed E-state index contributed by atoms with van der Waals surface area (Å²) in [6.45, 7) is 1.54. The zero-order chi connectivity index (χ0) is 10.9. The molecule has 1 atom stereocenters. The Morgan fingerprint density at radius 3 is 2.64 bits per heavy atom. The summed E-state index contributed by atoms with van der Waals surface area (Å²) in [7, 11) is 1.54. The first kappa shape index (κ1) is 10.3. The first-order chi connectivity index (χ1) is 6.43. The largest absolute Gasteiger partial charge is 0.481 e. The molecule has 1 aromatic heterocycles. The molecular weight excluding hydrogens is 184 g/mol. The van der Waals surface area contributed by atoms with Crippen LogP contribution in [-0.4, -0.2) is 15.6 Å². The maximum absolute atomic E-state index is 11.2. The van der Waals surface area contributed by atoms with E-state index in [0.717, 1.165) is 0 Å². The van der Waals surface area contributed by atoms with Gasteiger partial charge < -0.3 is 15.4 Å². The zero-order valence-corrected chi connectivity index (χ0v) is 8.02. The molecule has 0 amide bonds. The van der Waals surface area contributed by atoms with E-state index in [1.165, 1.54) is 23.9 Å². The minimum absolute atomic E-state index is 0.0677. The Hall–Kier alpha value is -1.78. The highest BCUT2D eigenvalue weighted by molar-refractivity contribution is 5.75. The van der Waals surface area contributed by atoms with E-state index in [4.69, 9.17) is 10.8 Å². The number of hydrogen-bond donors (Lipinski definition) is 2. The molecule has 0 radical (unpaired) electrons. The topological polar surface area (TPSA) is 85.3 Å². The van der Waals surface area contributed by atoms with Gasteiger partial charge in [0.15, 0.2) is 0 Å². The Morgan fingerprint density at radius 2 is 2.21 bits per heavy atom. The third-order valence-corrected chi connectivity index (χ3v) is 2.10. The highest BCUT2D eigenvalue weighted by Gasteiger charge is 2.15. The lowest BCUT2D eigenvalue weighted by Gasteiger charge is -2.09. The summed E-state index contributed by atoms with van der Waals surface area (Å²) >= 11 is 0. The van der Waals surface area contributed by atoms with E-state index in [1.54, 1.807) is 6.92 Å². The summed E-state index contributed by atoms with van der Waals surface area (Å²) in [6, 6.07) is 1.40. The molecule has 0 aliphatic carbocycles. The monoisotopic (exact) mass is 196 g/mol. The Kier molecular flexibility index (Phi) is 2.60. The van der Waals surface area contributed by atoms with Crippen molar-refractivity contribution >= 4 is 11.7 Å². The quantitative estimate of drug-likeness (QED) is 0.705. The van der Waals surface area contributed by atoms with Crippen molar-refractivity contribution in [2.45, 2.75) is 12.8 Å². The molecule has 3 N–H and O–H groups in total. The number of nitrogens with two attached hydrogens (primary N) is 1. The lowest BCUT2D eigenvalue weighted by Crippen LogP contribution is -2.21. The molecule has 0 saturated carbocycles. The molecule has 14 heavy (non-hydrogen) atoms. The van der Waals surface area contributed by atoms with Gasteiger partial charge in [0.25, 0.3) is 5.56 Å². The van der Waals surface area contributed by atoms with Gasteiger partial charge in [0, 0.05) is 13.2 Å². The summed E-state index contributed by atoms with van der Waals surface area (Å²) in [4.78, 5) is 21.9. The summed E-state index contributed by atoms with van der Waals surface area (Å²) in [5, 5.41) is 8.76. The maximum Gasteiger partial charge on any atom is 0.310 e. The van der Waals surface area contributed by atoms with E-state index < -0.39 is 11.9 Å². The number of pyridine rings is 1. The van der Waals surface area contributed by atoms with Crippen LogP contribution in [0.4, 0.5) is 5.69 Å². The fourth-order valence-corrected chi connectivity index (χ4v) is 1.14. The van der Waals surface area contributed by atoms with Gasteiger partial charge in [0.1, 0.15) is 0 Å². The highest BCUT2D eigenvalue weighted by Crippen LogP contribution is 2.15. The normalized spacial score (nSPS) is 12.4. The average molecular weight is 196 g/mol. The number of carbonyl (C=O) groups is 1. The van der Waals surface area contributed by atoms with Crippen LogP contribution < -0.4 is 11.3 Å². The van der Waals surface area contributed by atoms with Crippen LogP contribution in [0.15, 0.2) is 17.1 Å². The van der Waals surface area contributed by atoms with Gasteiger partial charge in [0.2, 0.25) is 0 Å². The fourth-order valence-electron chi connectivity index (χ4n) is 1.14. The number of aromatic nitrogens is 1. The van der Waals surface area contributed by atoms with Crippen molar-refractivity contribution in [1.29, 1.82) is 0 Å². The number of rotatable bonds is 2. The van der Waals surface area contributed by atoms with Crippen LogP contribution in [0.3, 0.4) is 0 Å². The third-order valence-electron chi connectivity index (χ3n) is 2.10. The van der Waals surface area contributed by atoms with Crippen LogP contribution in [0.5, 0.6) is 0 Å². The molecule has 0 spiro atoms. The minimum atomic E-state index is -0.942. The predicted octanol–water partition coefficient (Wildman–Crippen LogP) is 0.156. The van der Waals surface area contributed by atoms with Crippen molar-refractivity contribution < 1.29 is 9.90 Å². The molecule has 1 rings (SSSR count). The number of aliphatic carboxylic acids is 1. The second-order valence-corrected chi connectivity index (χ2v) is 3.20. The molecule has 0 aliphatic heterocycles. The lowest BCUT2D eigenvalue weighted by molar-refractivity contribution is -0.138. The maximum atomic E-state index is 11.2. The van der Waals surface area contributed by atoms with Gasteiger partial charge in [0.05, 0.1) is 11.6 Å². The fraction of sp³-hybridized carbons (Fsp3) is 0.333. The second kappa shape index (κ2) is 3.53. The van der Waals surface area contributed by atoms with Crippen molar-refractivity contribution in [3.8, 4) is 0 Å². The molecule has 0 fully saturated rings. The number of carboxylic acid groups (broad SMARTS) is 1. The molecule has 0 aliphatic rings. The Morgan fingerprint density at radius 1 is 1.64 bits per heavy atom. The van der Waals surface area contributed by atoms with Crippen molar-refractivity contribution in [2.75, 3.05) is 5.73 Å². The molecule has 1 heterocycles. The van der Waals surface area contributed by atoms with Crippen LogP contribution in [0.2, 0.25) is 0 Å². The van der Waals surface area contributed by atoms with Crippen LogP contribution in [-0.2, 0) is 11.8 Å². The van der Waals surface area contributed by atoms with Gasteiger partial charge >= 0.3 is 5.97 Å². The van der Waals surface area contributed by atoms with Crippen molar-refractivity contribution in [1.82, 2.24) is 4.57 Å². The van der Waals surface area contributed by atoms with E-state index in [-0.39, 0.29) is 11.2 Å².